The van der Waals surface area contributed by atoms with E-state index in [1.807, 2.05) is 18.0 Å². The lowest BCUT2D eigenvalue weighted by molar-refractivity contribution is -0.123. The number of carbonyl (C=O) groups is 1. The van der Waals surface area contributed by atoms with E-state index in [1.54, 1.807) is 13.1 Å². The first-order valence-corrected chi connectivity index (χ1v) is 10.7. The Bertz CT molecular complexity index is 916. The van der Waals surface area contributed by atoms with Crippen molar-refractivity contribution >= 4 is 11.9 Å². The third kappa shape index (κ3) is 6.79. The molecular weight excluding hydrogens is 393 g/mol. The Balaban J connectivity index is 1.55. The zero-order chi connectivity index (χ0) is 22.2. The van der Waals surface area contributed by atoms with Crippen LogP contribution < -0.4 is 11.1 Å². The van der Waals surface area contributed by atoms with Crippen LogP contribution in [0.3, 0.4) is 0 Å². The topological polar surface area (TPSA) is 74.0 Å². The Morgan fingerprint density at radius 3 is 2.71 bits per heavy atom. The summed E-state index contributed by atoms with van der Waals surface area (Å²) in [7, 11) is 3.68. The molecule has 1 fully saturated rings. The van der Waals surface area contributed by atoms with E-state index in [0.717, 1.165) is 49.6 Å². The average Bonchev–Trinajstić information content (AvgIpc) is 2.74. The molecule has 0 bridgehead atoms. The van der Waals surface area contributed by atoms with Gasteiger partial charge in [-0.05, 0) is 48.2 Å². The second kappa shape index (κ2) is 10.9. The van der Waals surface area contributed by atoms with E-state index in [2.05, 4.69) is 39.5 Å². The number of halogens is 1. The number of likely N-dealkylation sites (tertiary alicyclic amines) is 1. The lowest BCUT2D eigenvalue weighted by Crippen LogP contribution is -2.40. The second-order valence-corrected chi connectivity index (χ2v) is 8.18. The molecule has 1 saturated heterocycles. The highest BCUT2D eigenvalue weighted by molar-refractivity contribution is 5.79. The van der Waals surface area contributed by atoms with Crippen LogP contribution in [0.2, 0.25) is 0 Å². The summed E-state index contributed by atoms with van der Waals surface area (Å²) < 4.78 is 13.4. The number of nitrogens with one attached hydrogen (secondary N) is 1. The third-order valence-electron chi connectivity index (χ3n) is 5.64. The van der Waals surface area contributed by atoms with Crippen LogP contribution in [0.15, 0.2) is 53.5 Å². The molecule has 3 rings (SSSR count). The Kier molecular flexibility index (Phi) is 8.00. The van der Waals surface area contributed by atoms with Crippen molar-refractivity contribution in [3.8, 4) is 0 Å². The number of primary amides is 1. The maximum absolute atomic E-state index is 13.4. The molecule has 0 saturated carbocycles. The number of guanidine groups is 1. The van der Waals surface area contributed by atoms with E-state index in [1.165, 1.54) is 17.7 Å². The minimum atomic E-state index is -0.235. The summed E-state index contributed by atoms with van der Waals surface area (Å²) in [6.45, 7) is 3.73. The number of nitrogens with zero attached hydrogens (tertiary/aromatic N) is 3. The highest BCUT2D eigenvalue weighted by Gasteiger charge is 2.23. The number of rotatable bonds is 7. The molecule has 0 spiro atoms. The Labute approximate surface area is 183 Å². The summed E-state index contributed by atoms with van der Waals surface area (Å²) in [4.78, 5) is 20.1. The highest BCUT2D eigenvalue weighted by Crippen LogP contribution is 2.19. The summed E-state index contributed by atoms with van der Waals surface area (Å²) in [5.41, 5.74) is 8.76. The zero-order valence-corrected chi connectivity index (χ0v) is 18.4. The molecule has 6 nitrogen and oxygen atoms in total. The van der Waals surface area contributed by atoms with E-state index in [0.29, 0.717) is 13.1 Å². The summed E-state index contributed by atoms with van der Waals surface area (Å²) >= 11 is 0. The number of piperidine rings is 1. The summed E-state index contributed by atoms with van der Waals surface area (Å²) in [5.74, 6) is 0.267. The molecule has 1 aliphatic heterocycles. The van der Waals surface area contributed by atoms with Crippen molar-refractivity contribution in [1.29, 1.82) is 0 Å². The van der Waals surface area contributed by atoms with E-state index in [9.17, 15) is 9.18 Å². The Morgan fingerprint density at radius 1 is 1.23 bits per heavy atom. The molecule has 0 aromatic heterocycles. The Morgan fingerprint density at radius 2 is 1.97 bits per heavy atom. The molecule has 2 aromatic carbocycles. The molecule has 1 atom stereocenters. The smallest absolute Gasteiger partial charge is 0.221 e. The van der Waals surface area contributed by atoms with Gasteiger partial charge in [-0.3, -0.25) is 14.7 Å². The number of benzene rings is 2. The number of hydrogen-bond acceptors (Lipinski definition) is 3. The Hall–Kier alpha value is -2.93. The monoisotopic (exact) mass is 425 g/mol. The second-order valence-electron chi connectivity index (χ2n) is 8.18. The van der Waals surface area contributed by atoms with Crippen molar-refractivity contribution in [1.82, 2.24) is 15.1 Å². The maximum Gasteiger partial charge on any atom is 0.221 e. The van der Waals surface area contributed by atoms with Crippen molar-refractivity contribution in [2.75, 3.05) is 27.2 Å². The van der Waals surface area contributed by atoms with E-state index < -0.39 is 0 Å². The minimum absolute atomic E-state index is 0.0458. The van der Waals surface area contributed by atoms with E-state index in [4.69, 9.17) is 5.73 Å². The molecule has 0 aliphatic carbocycles. The van der Waals surface area contributed by atoms with Crippen LogP contribution in [-0.4, -0.2) is 48.9 Å². The molecule has 1 amide bonds. The first kappa shape index (κ1) is 22.7. The predicted molar refractivity (Wildman–Crippen MR) is 122 cm³/mol. The summed E-state index contributed by atoms with van der Waals surface area (Å²) in [6, 6.07) is 15.0. The first-order valence-electron chi connectivity index (χ1n) is 10.7. The van der Waals surface area contributed by atoms with Crippen LogP contribution >= 0.6 is 0 Å². The molecule has 0 radical (unpaired) electrons. The molecule has 1 heterocycles. The van der Waals surface area contributed by atoms with Crippen LogP contribution in [-0.2, 0) is 24.4 Å². The number of nitrogens with two attached hydrogens (primary N) is 1. The number of carbonyl (C=O) groups excluding carboxylic acids is 1. The van der Waals surface area contributed by atoms with Gasteiger partial charge in [0.15, 0.2) is 5.96 Å². The van der Waals surface area contributed by atoms with E-state index >= 15 is 0 Å². The predicted octanol–water partition coefficient (Wildman–Crippen LogP) is 2.73. The highest BCUT2D eigenvalue weighted by atomic mass is 19.1. The van der Waals surface area contributed by atoms with E-state index in [-0.39, 0.29) is 17.6 Å². The van der Waals surface area contributed by atoms with Gasteiger partial charge in [-0.2, -0.15) is 0 Å². The quantitative estimate of drug-likeness (QED) is 0.528. The number of aliphatic imine (C=N–C) groups is 1. The minimum Gasteiger partial charge on any atom is -0.369 e. The lowest BCUT2D eigenvalue weighted by atomic mass is 9.97. The van der Waals surface area contributed by atoms with Gasteiger partial charge < -0.3 is 16.0 Å². The SMILES string of the molecule is CN=C(NCc1cccc(CN2CCCC(C(N)=O)C2)c1)N(C)Cc1cccc(F)c1. The largest absolute Gasteiger partial charge is 0.369 e. The zero-order valence-electron chi connectivity index (χ0n) is 18.4. The molecule has 166 valence electrons. The average molecular weight is 426 g/mol. The van der Waals surface area contributed by atoms with Gasteiger partial charge in [0.1, 0.15) is 5.82 Å². The molecule has 7 heteroatoms. The fourth-order valence-corrected chi connectivity index (χ4v) is 4.08. The molecule has 1 aliphatic rings. The number of amides is 1. The van der Waals surface area contributed by atoms with Crippen LogP contribution in [0.25, 0.3) is 0 Å². The van der Waals surface area contributed by atoms with Gasteiger partial charge in [-0.25, -0.2) is 4.39 Å². The molecule has 3 N–H and O–H groups in total. The van der Waals surface area contributed by atoms with Crippen molar-refractivity contribution in [3.05, 3.63) is 71.0 Å². The van der Waals surface area contributed by atoms with Gasteiger partial charge in [-0.1, -0.05) is 36.4 Å². The van der Waals surface area contributed by atoms with Crippen LogP contribution in [0.4, 0.5) is 4.39 Å². The molecule has 31 heavy (non-hydrogen) atoms. The van der Waals surface area contributed by atoms with Crippen molar-refractivity contribution in [2.45, 2.75) is 32.5 Å². The van der Waals surface area contributed by atoms with Crippen molar-refractivity contribution in [3.63, 3.8) is 0 Å². The summed E-state index contributed by atoms with van der Waals surface area (Å²) in [5, 5.41) is 3.38. The van der Waals surface area contributed by atoms with Crippen molar-refractivity contribution in [2.24, 2.45) is 16.6 Å². The maximum atomic E-state index is 13.4. The van der Waals surface area contributed by atoms with Crippen LogP contribution in [0.1, 0.15) is 29.5 Å². The van der Waals surface area contributed by atoms with Gasteiger partial charge in [0.25, 0.3) is 0 Å². The fourth-order valence-electron chi connectivity index (χ4n) is 4.08. The van der Waals surface area contributed by atoms with Gasteiger partial charge in [-0.15, -0.1) is 0 Å². The van der Waals surface area contributed by atoms with Crippen LogP contribution in [0.5, 0.6) is 0 Å². The standard InChI is InChI=1S/C24H32FN5O/c1-27-24(29(2)15-20-8-4-10-22(25)13-20)28-14-18-6-3-7-19(12-18)16-30-11-5-9-21(17-30)23(26)31/h3-4,6-8,10,12-13,21H,5,9,11,14-17H2,1-2H3,(H2,26,31)(H,27,28). The molecular formula is C24H32FN5O. The van der Waals surface area contributed by atoms with Gasteiger partial charge in [0.2, 0.25) is 5.91 Å². The van der Waals surface area contributed by atoms with Gasteiger partial charge in [0, 0.05) is 40.3 Å². The first-order chi connectivity index (χ1) is 14.9. The normalized spacial score (nSPS) is 17.4. The summed E-state index contributed by atoms with van der Waals surface area (Å²) in [6.07, 6.45) is 1.89. The third-order valence-corrected chi connectivity index (χ3v) is 5.64. The lowest BCUT2D eigenvalue weighted by Gasteiger charge is -2.31. The van der Waals surface area contributed by atoms with Gasteiger partial charge >= 0.3 is 0 Å². The van der Waals surface area contributed by atoms with Crippen LogP contribution in [0, 0.1) is 11.7 Å². The molecule has 1 unspecified atom stereocenters. The van der Waals surface area contributed by atoms with Crippen molar-refractivity contribution < 1.29 is 9.18 Å². The fraction of sp³-hybridized carbons (Fsp3) is 0.417. The van der Waals surface area contributed by atoms with Gasteiger partial charge in [0.05, 0.1) is 5.92 Å². The number of hydrogen-bond donors (Lipinski definition) is 2. The molecule has 2 aromatic rings.